The summed E-state index contributed by atoms with van der Waals surface area (Å²) in [5, 5.41) is 3.27. The number of carbonyl (C=O) groups excluding carboxylic acids is 1. The highest BCUT2D eigenvalue weighted by molar-refractivity contribution is 6.03. The molecule has 2 aromatic heterocycles. The van der Waals surface area contributed by atoms with Crippen LogP contribution in [0.3, 0.4) is 0 Å². The van der Waals surface area contributed by atoms with Gasteiger partial charge in [0.15, 0.2) is 5.65 Å². The highest BCUT2D eigenvalue weighted by Gasteiger charge is 2.19. The lowest BCUT2D eigenvalue weighted by Crippen LogP contribution is -2.11. The fourth-order valence-electron chi connectivity index (χ4n) is 2.13. The molecule has 0 saturated carbocycles. The van der Waals surface area contributed by atoms with E-state index in [1.807, 2.05) is 32.4 Å². The van der Waals surface area contributed by atoms with E-state index >= 15 is 0 Å². The lowest BCUT2D eigenvalue weighted by Gasteiger charge is -2.11. The normalized spacial score (nSPS) is 10.6. The molecule has 118 valence electrons. The van der Waals surface area contributed by atoms with Gasteiger partial charge in [-0.15, -0.1) is 0 Å². The van der Waals surface area contributed by atoms with Crippen LogP contribution in [-0.2, 0) is 11.8 Å². The van der Waals surface area contributed by atoms with Crippen LogP contribution in [0.15, 0.2) is 17.8 Å². The third-order valence-electron chi connectivity index (χ3n) is 3.40. The third kappa shape index (κ3) is 3.10. The van der Waals surface area contributed by atoms with E-state index in [9.17, 15) is 4.79 Å². The first-order chi connectivity index (χ1) is 10.5. The smallest absolute Gasteiger partial charge is 0.341 e. The summed E-state index contributed by atoms with van der Waals surface area (Å²) in [7, 11) is 1.90. The molecule has 0 aromatic carbocycles. The van der Waals surface area contributed by atoms with Gasteiger partial charge in [0.05, 0.1) is 12.3 Å². The number of nitrogens with zero attached hydrogens (tertiary/aromatic N) is 3. The van der Waals surface area contributed by atoms with Crippen molar-refractivity contribution in [1.82, 2.24) is 14.5 Å². The van der Waals surface area contributed by atoms with Gasteiger partial charge in [-0.25, -0.2) is 14.8 Å². The number of carbonyl (C=O) groups is 1. The number of esters is 1. The van der Waals surface area contributed by atoms with Gasteiger partial charge in [0.1, 0.15) is 16.9 Å². The molecule has 6 nitrogen and oxygen atoms in total. The topological polar surface area (TPSA) is 69.0 Å². The second kappa shape index (κ2) is 6.60. The predicted molar refractivity (Wildman–Crippen MR) is 87.1 cm³/mol. The molecule has 2 heterocycles. The van der Waals surface area contributed by atoms with Crippen molar-refractivity contribution >= 4 is 22.8 Å². The van der Waals surface area contributed by atoms with E-state index in [-0.39, 0.29) is 5.97 Å². The average molecular weight is 302 g/mol. The minimum Gasteiger partial charge on any atom is -0.462 e. The van der Waals surface area contributed by atoms with E-state index in [1.54, 1.807) is 13.1 Å². The van der Waals surface area contributed by atoms with Gasteiger partial charge in [0, 0.05) is 19.8 Å². The van der Waals surface area contributed by atoms with Gasteiger partial charge in [-0.3, -0.25) is 0 Å². The summed E-state index contributed by atoms with van der Waals surface area (Å²) in [5.74, 6) is 0.452. The van der Waals surface area contributed by atoms with Crippen LogP contribution in [-0.4, -0.2) is 33.7 Å². The fraction of sp³-hybridized carbons (Fsp3) is 0.438. The Labute approximate surface area is 130 Å². The van der Waals surface area contributed by atoms with Crippen LogP contribution in [0.4, 0.5) is 5.69 Å². The summed E-state index contributed by atoms with van der Waals surface area (Å²) in [6.45, 7) is 8.69. The molecule has 0 unspecified atom stereocenters. The monoisotopic (exact) mass is 302 g/mol. The Morgan fingerprint density at radius 1 is 1.45 bits per heavy atom. The number of nitrogens with one attached hydrogen (secondary N) is 1. The zero-order valence-corrected chi connectivity index (χ0v) is 13.7. The number of fused-ring (bicyclic) bond motifs is 1. The van der Waals surface area contributed by atoms with E-state index < -0.39 is 0 Å². The molecule has 6 heteroatoms. The highest BCUT2D eigenvalue weighted by Crippen LogP contribution is 2.26. The van der Waals surface area contributed by atoms with Crippen LogP contribution in [0.25, 0.3) is 11.2 Å². The van der Waals surface area contributed by atoms with Crippen LogP contribution >= 0.6 is 0 Å². The van der Waals surface area contributed by atoms with Crippen LogP contribution < -0.4 is 5.32 Å². The number of ether oxygens (including phenoxy) is 1. The molecule has 0 atom stereocenters. The zero-order chi connectivity index (χ0) is 16.3. The van der Waals surface area contributed by atoms with Crippen LogP contribution in [0.2, 0.25) is 0 Å². The number of anilines is 1. The van der Waals surface area contributed by atoms with Crippen molar-refractivity contribution in [3.05, 3.63) is 29.2 Å². The maximum absolute atomic E-state index is 12.1. The van der Waals surface area contributed by atoms with Gasteiger partial charge in [0.25, 0.3) is 0 Å². The quantitative estimate of drug-likeness (QED) is 0.679. The Bertz CT molecular complexity index is 727. The summed E-state index contributed by atoms with van der Waals surface area (Å²) in [4.78, 5) is 21.0. The number of hydrogen-bond acceptors (Lipinski definition) is 5. The van der Waals surface area contributed by atoms with Gasteiger partial charge in [-0.1, -0.05) is 11.6 Å². The molecular weight excluding hydrogens is 280 g/mol. The first-order valence-electron chi connectivity index (χ1n) is 7.32. The van der Waals surface area contributed by atoms with E-state index in [0.717, 1.165) is 11.5 Å². The number of allylic oxidation sites excluding steroid dienone is 1. The minimum absolute atomic E-state index is 0.325. The molecule has 0 aliphatic rings. The van der Waals surface area contributed by atoms with Crippen LogP contribution in [0.5, 0.6) is 0 Å². The van der Waals surface area contributed by atoms with Crippen molar-refractivity contribution in [3.8, 4) is 0 Å². The van der Waals surface area contributed by atoms with Crippen LogP contribution in [0.1, 0.15) is 37.0 Å². The maximum atomic E-state index is 12.1. The molecular formula is C16H22N4O2. The molecule has 2 aromatic rings. The summed E-state index contributed by atoms with van der Waals surface area (Å²) in [6.07, 6.45) is 3.60. The third-order valence-corrected chi connectivity index (χ3v) is 3.40. The van der Waals surface area contributed by atoms with E-state index in [0.29, 0.717) is 29.9 Å². The summed E-state index contributed by atoms with van der Waals surface area (Å²) < 4.78 is 7.01. The summed E-state index contributed by atoms with van der Waals surface area (Å²) in [5.41, 5.74) is 3.71. The Hall–Kier alpha value is -2.37. The molecule has 2 rings (SSSR count). The molecule has 0 amide bonds. The summed E-state index contributed by atoms with van der Waals surface area (Å²) >= 11 is 0. The Morgan fingerprint density at radius 3 is 2.82 bits per heavy atom. The number of imidazole rings is 1. The largest absolute Gasteiger partial charge is 0.462 e. The molecule has 0 saturated heterocycles. The van der Waals surface area contributed by atoms with Crippen molar-refractivity contribution in [2.45, 2.75) is 27.7 Å². The zero-order valence-electron chi connectivity index (χ0n) is 13.7. The molecule has 0 spiro atoms. The van der Waals surface area contributed by atoms with Crippen molar-refractivity contribution < 1.29 is 9.53 Å². The van der Waals surface area contributed by atoms with Crippen molar-refractivity contribution in [2.24, 2.45) is 7.05 Å². The Balaban J connectivity index is 2.53. The number of pyridine rings is 1. The first kappa shape index (κ1) is 16.0. The minimum atomic E-state index is -0.389. The average Bonchev–Trinajstić information content (AvgIpc) is 2.75. The number of aryl methyl sites for hydroxylation is 2. The van der Waals surface area contributed by atoms with E-state index in [4.69, 9.17) is 4.74 Å². The van der Waals surface area contributed by atoms with Gasteiger partial charge in [-0.05, 0) is 27.7 Å². The molecule has 0 aliphatic carbocycles. The van der Waals surface area contributed by atoms with E-state index in [1.165, 1.54) is 5.57 Å². The molecule has 1 N–H and O–H groups in total. The maximum Gasteiger partial charge on any atom is 0.341 e. The Morgan fingerprint density at radius 2 is 2.18 bits per heavy atom. The van der Waals surface area contributed by atoms with E-state index in [2.05, 4.69) is 21.4 Å². The van der Waals surface area contributed by atoms with Gasteiger partial charge in [-0.2, -0.15) is 0 Å². The van der Waals surface area contributed by atoms with Crippen LogP contribution in [0, 0.1) is 6.92 Å². The molecule has 0 radical (unpaired) electrons. The number of hydrogen-bond donors (Lipinski definition) is 1. The molecule has 22 heavy (non-hydrogen) atoms. The van der Waals surface area contributed by atoms with Crippen molar-refractivity contribution in [3.63, 3.8) is 0 Å². The number of rotatable bonds is 5. The number of aromatic nitrogens is 3. The van der Waals surface area contributed by atoms with Gasteiger partial charge >= 0.3 is 5.97 Å². The lowest BCUT2D eigenvalue weighted by atomic mass is 10.2. The second-order valence-corrected chi connectivity index (χ2v) is 5.32. The first-order valence-corrected chi connectivity index (χ1v) is 7.32. The fourth-order valence-corrected chi connectivity index (χ4v) is 2.13. The lowest BCUT2D eigenvalue weighted by molar-refractivity contribution is 0.0527. The molecule has 0 fully saturated rings. The predicted octanol–water partition coefficient (Wildman–Crippen LogP) is 2.83. The summed E-state index contributed by atoms with van der Waals surface area (Å²) in [6, 6.07) is 0. The van der Waals surface area contributed by atoms with Gasteiger partial charge < -0.3 is 14.6 Å². The SMILES string of the molecule is CCOC(=O)c1cnc2c(nc(C)n2C)c1NCC=C(C)C. The highest BCUT2D eigenvalue weighted by atomic mass is 16.5. The second-order valence-electron chi connectivity index (χ2n) is 5.32. The standard InChI is InChI=1S/C16H22N4O2/c1-6-22-16(21)12-9-18-15-14(19-11(4)20(15)5)13(12)17-8-7-10(2)3/h7,9H,6,8H2,1-5H3,(H,17,18). The molecule has 0 aliphatic heterocycles. The van der Waals surface area contributed by atoms with Crippen molar-refractivity contribution in [1.29, 1.82) is 0 Å². The van der Waals surface area contributed by atoms with Crippen molar-refractivity contribution in [2.75, 3.05) is 18.5 Å². The Kier molecular flexibility index (Phi) is 4.80. The molecule has 0 bridgehead atoms. The van der Waals surface area contributed by atoms with Gasteiger partial charge in [0.2, 0.25) is 0 Å².